The zero-order valence-corrected chi connectivity index (χ0v) is 12.9. The smallest absolute Gasteiger partial charge is 0.124 e. The van der Waals surface area contributed by atoms with Gasteiger partial charge in [0, 0.05) is 18.1 Å². The van der Waals surface area contributed by atoms with Crippen LogP contribution in [0.4, 0.5) is 5.82 Å². The summed E-state index contributed by atoms with van der Waals surface area (Å²) in [4.78, 5) is 5.77. The quantitative estimate of drug-likeness (QED) is 0.887. The van der Waals surface area contributed by atoms with Crippen LogP contribution in [0.2, 0.25) is 5.02 Å². The number of piperidine rings is 1. The van der Waals surface area contributed by atoms with E-state index in [4.69, 9.17) is 11.6 Å². The van der Waals surface area contributed by atoms with Crippen LogP contribution in [0.15, 0.2) is 24.3 Å². The lowest BCUT2D eigenvalue weighted by Gasteiger charge is -2.27. The summed E-state index contributed by atoms with van der Waals surface area (Å²) in [6.07, 6.45) is 3.67. The summed E-state index contributed by atoms with van der Waals surface area (Å²) in [6.45, 7) is 4.05. The van der Waals surface area contributed by atoms with Crippen LogP contribution in [0.3, 0.4) is 0 Å². The minimum absolute atomic E-state index is 0.722. The van der Waals surface area contributed by atoms with Crippen LogP contribution in [-0.4, -0.2) is 18.1 Å². The van der Waals surface area contributed by atoms with Crippen LogP contribution in [0.5, 0.6) is 0 Å². The van der Waals surface area contributed by atoms with E-state index in [2.05, 4.69) is 16.0 Å². The zero-order valence-electron chi connectivity index (χ0n) is 12.1. The first-order chi connectivity index (χ1) is 10.2. The standard InChI is InChI=1S/C17H18ClN3/c1-12-15(11-19)17(21-9-3-2-4-10-21)20-16(12)13-5-7-14(18)8-6-13/h5-8,20H,2-4,9-10H2,1H3. The minimum atomic E-state index is 0.722. The predicted octanol–water partition coefficient (Wildman–Crippen LogP) is 4.51. The van der Waals surface area contributed by atoms with Crippen molar-refractivity contribution in [2.75, 3.05) is 18.0 Å². The fraction of sp³-hybridized carbons (Fsp3) is 0.353. The van der Waals surface area contributed by atoms with Gasteiger partial charge in [-0.05, 0) is 49.4 Å². The molecule has 1 aliphatic heterocycles. The molecule has 0 atom stereocenters. The fourth-order valence-electron chi connectivity index (χ4n) is 2.97. The number of nitrogens with zero attached hydrogens (tertiary/aromatic N) is 2. The third-order valence-corrected chi connectivity index (χ3v) is 4.40. The first-order valence-electron chi connectivity index (χ1n) is 7.34. The van der Waals surface area contributed by atoms with Crippen molar-refractivity contribution in [3.8, 4) is 17.3 Å². The molecule has 108 valence electrons. The van der Waals surface area contributed by atoms with E-state index in [0.29, 0.717) is 0 Å². The van der Waals surface area contributed by atoms with Crippen LogP contribution >= 0.6 is 11.6 Å². The van der Waals surface area contributed by atoms with Gasteiger partial charge in [0.1, 0.15) is 11.9 Å². The fourth-order valence-corrected chi connectivity index (χ4v) is 3.10. The molecule has 3 nitrogen and oxygen atoms in total. The number of benzene rings is 1. The van der Waals surface area contributed by atoms with Crippen LogP contribution < -0.4 is 4.90 Å². The van der Waals surface area contributed by atoms with Gasteiger partial charge in [0.15, 0.2) is 0 Å². The number of anilines is 1. The molecule has 0 saturated carbocycles. The number of aromatic nitrogens is 1. The SMILES string of the molecule is Cc1c(-c2ccc(Cl)cc2)[nH]c(N2CCCCC2)c1C#N. The Morgan fingerprint density at radius 1 is 1.14 bits per heavy atom. The van der Waals surface area contributed by atoms with Crippen molar-refractivity contribution in [3.05, 3.63) is 40.4 Å². The Kier molecular flexibility index (Phi) is 3.90. The molecular formula is C17H18ClN3. The molecule has 2 heterocycles. The van der Waals surface area contributed by atoms with Crippen molar-refractivity contribution in [3.63, 3.8) is 0 Å². The lowest BCUT2D eigenvalue weighted by Crippen LogP contribution is -2.30. The molecule has 0 radical (unpaired) electrons. The molecule has 3 rings (SSSR count). The summed E-state index contributed by atoms with van der Waals surface area (Å²) in [5.74, 6) is 0.972. The lowest BCUT2D eigenvalue weighted by molar-refractivity contribution is 0.574. The van der Waals surface area contributed by atoms with Crippen molar-refractivity contribution < 1.29 is 0 Å². The van der Waals surface area contributed by atoms with Gasteiger partial charge in [-0.15, -0.1) is 0 Å². The van der Waals surface area contributed by atoms with Gasteiger partial charge < -0.3 is 9.88 Å². The molecule has 1 fully saturated rings. The highest BCUT2D eigenvalue weighted by atomic mass is 35.5. The van der Waals surface area contributed by atoms with Crippen molar-refractivity contribution >= 4 is 17.4 Å². The van der Waals surface area contributed by atoms with Gasteiger partial charge in [-0.3, -0.25) is 0 Å². The van der Waals surface area contributed by atoms with E-state index in [1.807, 2.05) is 31.2 Å². The first-order valence-corrected chi connectivity index (χ1v) is 7.72. The van der Waals surface area contributed by atoms with E-state index in [9.17, 15) is 5.26 Å². The molecule has 0 unspecified atom stereocenters. The average molecular weight is 300 g/mol. The third kappa shape index (κ3) is 2.64. The zero-order chi connectivity index (χ0) is 14.8. The summed E-state index contributed by atoms with van der Waals surface area (Å²) in [5, 5.41) is 10.2. The van der Waals surface area contributed by atoms with Crippen molar-refractivity contribution in [1.29, 1.82) is 5.26 Å². The molecule has 0 bridgehead atoms. The van der Waals surface area contributed by atoms with E-state index in [0.717, 1.165) is 46.3 Å². The molecule has 2 aromatic rings. The van der Waals surface area contributed by atoms with Gasteiger partial charge in [-0.2, -0.15) is 5.26 Å². The molecule has 1 aromatic carbocycles. The van der Waals surface area contributed by atoms with Crippen LogP contribution in [0.25, 0.3) is 11.3 Å². The second-order valence-electron chi connectivity index (χ2n) is 5.52. The Hall–Kier alpha value is -1.92. The van der Waals surface area contributed by atoms with E-state index < -0.39 is 0 Å². The number of hydrogen-bond acceptors (Lipinski definition) is 2. The maximum absolute atomic E-state index is 9.52. The number of nitrogens with one attached hydrogen (secondary N) is 1. The minimum Gasteiger partial charge on any atom is -0.357 e. The molecule has 0 amide bonds. The van der Waals surface area contributed by atoms with Crippen LogP contribution in [-0.2, 0) is 0 Å². The molecule has 1 aliphatic rings. The largest absolute Gasteiger partial charge is 0.357 e. The monoisotopic (exact) mass is 299 g/mol. The van der Waals surface area contributed by atoms with Gasteiger partial charge >= 0.3 is 0 Å². The molecule has 0 aliphatic carbocycles. The van der Waals surface area contributed by atoms with Crippen LogP contribution in [0, 0.1) is 18.3 Å². The molecule has 21 heavy (non-hydrogen) atoms. The van der Waals surface area contributed by atoms with Crippen molar-refractivity contribution in [2.45, 2.75) is 26.2 Å². The Morgan fingerprint density at radius 2 is 1.81 bits per heavy atom. The number of H-pyrrole nitrogens is 1. The molecular weight excluding hydrogens is 282 g/mol. The molecule has 4 heteroatoms. The summed E-state index contributed by atoms with van der Waals surface area (Å²) in [5.41, 5.74) is 3.86. The highest BCUT2D eigenvalue weighted by molar-refractivity contribution is 6.30. The van der Waals surface area contributed by atoms with Crippen molar-refractivity contribution in [2.24, 2.45) is 0 Å². The average Bonchev–Trinajstić information content (AvgIpc) is 2.86. The van der Waals surface area contributed by atoms with Gasteiger partial charge in [-0.1, -0.05) is 23.7 Å². The Balaban J connectivity index is 2.04. The maximum Gasteiger partial charge on any atom is 0.124 e. The van der Waals surface area contributed by atoms with Gasteiger partial charge in [0.05, 0.1) is 11.3 Å². The molecule has 1 aromatic heterocycles. The van der Waals surface area contributed by atoms with Crippen molar-refractivity contribution in [1.82, 2.24) is 4.98 Å². The highest BCUT2D eigenvalue weighted by Gasteiger charge is 2.21. The van der Waals surface area contributed by atoms with Gasteiger partial charge in [0.25, 0.3) is 0 Å². The Morgan fingerprint density at radius 3 is 2.43 bits per heavy atom. The van der Waals surface area contributed by atoms with E-state index in [1.165, 1.54) is 19.3 Å². The first kappa shape index (κ1) is 14.0. The summed E-state index contributed by atoms with van der Waals surface area (Å²) >= 11 is 5.95. The Bertz CT molecular complexity index is 673. The van der Waals surface area contributed by atoms with E-state index in [1.54, 1.807) is 0 Å². The topological polar surface area (TPSA) is 42.8 Å². The molecule has 1 N–H and O–H groups in total. The maximum atomic E-state index is 9.52. The number of nitriles is 1. The number of aromatic amines is 1. The predicted molar refractivity (Wildman–Crippen MR) is 86.8 cm³/mol. The second kappa shape index (κ2) is 5.83. The second-order valence-corrected chi connectivity index (χ2v) is 5.95. The summed E-state index contributed by atoms with van der Waals surface area (Å²) in [6, 6.07) is 10.1. The van der Waals surface area contributed by atoms with Crippen LogP contribution in [0.1, 0.15) is 30.4 Å². The van der Waals surface area contributed by atoms with E-state index in [-0.39, 0.29) is 0 Å². The van der Waals surface area contributed by atoms with E-state index >= 15 is 0 Å². The van der Waals surface area contributed by atoms with Gasteiger partial charge in [-0.25, -0.2) is 0 Å². The normalized spacial score (nSPS) is 15.0. The lowest BCUT2D eigenvalue weighted by atomic mass is 10.1. The molecule has 0 spiro atoms. The number of halogens is 1. The number of hydrogen-bond donors (Lipinski definition) is 1. The summed E-state index contributed by atoms with van der Waals surface area (Å²) < 4.78 is 0. The molecule has 1 saturated heterocycles. The van der Waals surface area contributed by atoms with Gasteiger partial charge in [0.2, 0.25) is 0 Å². The highest BCUT2D eigenvalue weighted by Crippen LogP contribution is 2.33. The Labute approximate surface area is 130 Å². The number of rotatable bonds is 2. The summed E-state index contributed by atoms with van der Waals surface area (Å²) in [7, 11) is 0. The third-order valence-electron chi connectivity index (χ3n) is 4.15.